The van der Waals surface area contributed by atoms with E-state index in [9.17, 15) is 13.2 Å². The van der Waals surface area contributed by atoms with Crippen molar-refractivity contribution in [1.82, 2.24) is 10.2 Å². The van der Waals surface area contributed by atoms with Crippen molar-refractivity contribution in [2.75, 3.05) is 33.3 Å². The van der Waals surface area contributed by atoms with Crippen molar-refractivity contribution in [2.24, 2.45) is 0 Å². The Bertz CT molecular complexity index is 725. The molecule has 1 atom stereocenters. The molecular formula is C20H23F3N2O. The standard InChI is InChI=1S/C20H23F3N2O/c1-26-16-7-4-6-15(14-16)19(25-12-5-10-24-11-13-25)17-8-2-3-9-18(17)20(21,22)23/h2-4,6-9,14,19,24H,5,10-13H2,1H3. The SMILES string of the molecule is COc1cccc(C(c2ccccc2C(F)(F)F)N2CCCNCC2)c1. The maximum absolute atomic E-state index is 13.7. The normalized spacial score (nSPS) is 17.5. The fraction of sp³-hybridized carbons (Fsp3) is 0.400. The molecule has 2 aromatic carbocycles. The fourth-order valence-corrected chi connectivity index (χ4v) is 3.52. The predicted molar refractivity (Wildman–Crippen MR) is 95.3 cm³/mol. The lowest BCUT2D eigenvalue weighted by Gasteiger charge is -2.33. The summed E-state index contributed by atoms with van der Waals surface area (Å²) in [5, 5.41) is 3.31. The first kappa shape index (κ1) is 18.7. The summed E-state index contributed by atoms with van der Waals surface area (Å²) in [6.45, 7) is 3.06. The van der Waals surface area contributed by atoms with Gasteiger partial charge in [-0.3, -0.25) is 4.90 Å². The average Bonchev–Trinajstić information content (AvgIpc) is 2.91. The van der Waals surface area contributed by atoms with Gasteiger partial charge in [-0.2, -0.15) is 13.2 Å². The van der Waals surface area contributed by atoms with Gasteiger partial charge in [0.05, 0.1) is 18.7 Å². The molecule has 26 heavy (non-hydrogen) atoms. The van der Waals surface area contributed by atoms with Gasteiger partial charge in [0.15, 0.2) is 0 Å². The summed E-state index contributed by atoms with van der Waals surface area (Å²) in [6.07, 6.45) is -3.49. The molecule has 1 unspecified atom stereocenters. The molecule has 1 aliphatic rings. The Kier molecular flexibility index (Phi) is 5.84. The second-order valence-corrected chi connectivity index (χ2v) is 6.40. The number of nitrogens with one attached hydrogen (secondary N) is 1. The van der Waals surface area contributed by atoms with E-state index in [-0.39, 0.29) is 5.56 Å². The lowest BCUT2D eigenvalue weighted by molar-refractivity contribution is -0.138. The molecule has 1 saturated heterocycles. The molecule has 0 aliphatic carbocycles. The van der Waals surface area contributed by atoms with Crippen molar-refractivity contribution in [2.45, 2.75) is 18.6 Å². The molecule has 3 rings (SSSR count). The summed E-state index contributed by atoms with van der Waals surface area (Å²) in [6, 6.07) is 12.7. The van der Waals surface area contributed by atoms with Crippen molar-refractivity contribution in [3.05, 3.63) is 65.2 Å². The minimum atomic E-state index is -4.39. The summed E-state index contributed by atoms with van der Waals surface area (Å²) in [5.74, 6) is 0.643. The molecule has 1 aliphatic heterocycles. The van der Waals surface area contributed by atoms with Gasteiger partial charge in [-0.05, 0) is 42.3 Å². The first-order valence-corrected chi connectivity index (χ1v) is 8.75. The number of nitrogens with zero attached hydrogens (tertiary/aromatic N) is 1. The third-order valence-electron chi connectivity index (χ3n) is 4.71. The van der Waals surface area contributed by atoms with Crippen LogP contribution in [0.1, 0.15) is 29.2 Å². The Hall–Kier alpha value is -2.05. The predicted octanol–water partition coefficient (Wildman–Crippen LogP) is 4.10. The molecule has 2 aromatic rings. The van der Waals surface area contributed by atoms with Gasteiger partial charge < -0.3 is 10.1 Å². The minimum Gasteiger partial charge on any atom is -0.497 e. The zero-order valence-corrected chi connectivity index (χ0v) is 14.7. The molecule has 1 fully saturated rings. The van der Waals surface area contributed by atoms with Crippen LogP contribution in [-0.4, -0.2) is 38.2 Å². The van der Waals surface area contributed by atoms with Gasteiger partial charge in [0, 0.05) is 19.6 Å². The van der Waals surface area contributed by atoms with Gasteiger partial charge >= 0.3 is 6.18 Å². The molecule has 6 heteroatoms. The van der Waals surface area contributed by atoms with Crippen LogP contribution < -0.4 is 10.1 Å². The Morgan fingerprint density at radius 1 is 1.04 bits per heavy atom. The highest BCUT2D eigenvalue weighted by Gasteiger charge is 2.37. The third-order valence-corrected chi connectivity index (χ3v) is 4.71. The van der Waals surface area contributed by atoms with Crippen LogP contribution in [0.15, 0.2) is 48.5 Å². The zero-order valence-electron chi connectivity index (χ0n) is 14.7. The van der Waals surface area contributed by atoms with Crippen LogP contribution in [0.2, 0.25) is 0 Å². The summed E-state index contributed by atoms with van der Waals surface area (Å²) < 4.78 is 46.3. The van der Waals surface area contributed by atoms with Crippen LogP contribution >= 0.6 is 0 Å². The van der Waals surface area contributed by atoms with Gasteiger partial charge in [-0.25, -0.2) is 0 Å². The van der Waals surface area contributed by atoms with E-state index in [4.69, 9.17) is 4.74 Å². The number of benzene rings is 2. The summed E-state index contributed by atoms with van der Waals surface area (Å²) >= 11 is 0. The summed E-state index contributed by atoms with van der Waals surface area (Å²) in [5.41, 5.74) is 0.517. The molecule has 1 N–H and O–H groups in total. The van der Waals surface area contributed by atoms with Crippen molar-refractivity contribution >= 4 is 0 Å². The van der Waals surface area contributed by atoms with Crippen molar-refractivity contribution in [3.8, 4) is 5.75 Å². The van der Waals surface area contributed by atoms with E-state index < -0.39 is 17.8 Å². The molecule has 0 amide bonds. The van der Waals surface area contributed by atoms with Crippen LogP contribution in [0.25, 0.3) is 0 Å². The quantitative estimate of drug-likeness (QED) is 0.884. The Labute approximate surface area is 151 Å². The van der Waals surface area contributed by atoms with Gasteiger partial charge in [-0.15, -0.1) is 0 Å². The van der Waals surface area contributed by atoms with Crippen LogP contribution in [-0.2, 0) is 6.18 Å². The summed E-state index contributed by atoms with van der Waals surface area (Å²) in [4.78, 5) is 2.12. The molecule has 0 spiro atoms. The maximum Gasteiger partial charge on any atom is 0.416 e. The Morgan fingerprint density at radius 3 is 2.62 bits per heavy atom. The number of rotatable bonds is 4. The van der Waals surface area contributed by atoms with Crippen LogP contribution in [0, 0.1) is 0 Å². The second kappa shape index (κ2) is 8.10. The number of hydrogen-bond acceptors (Lipinski definition) is 3. The fourth-order valence-electron chi connectivity index (χ4n) is 3.52. The number of hydrogen-bond donors (Lipinski definition) is 1. The highest BCUT2D eigenvalue weighted by atomic mass is 19.4. The number of methoxy groups -OCH3 is 1. The lowest BCUT2D eigenvalue weighted by atomic mass is 9.92. The number of halogens is 3. The number of alkyl halides is 3. The molecular weight excluding hydrogens is 341 g/mol. The smallest absolute Gasteiger partial charge is 0.416 e. The first-order chi connectivity index (χ1) is 12.5. The Morgan fingerprint density at radius 2 is 1.85 bits per heavy atom. The highest BCUT2D eigenvalue weighted by molar-refractivity contribution is 5.41. The average molecular weight is 364 g/mol. The molecule has 0 radical (unpaired) electrons. The minimum absolute atomic E-state index is 0.287. The van der Waals surface area contributed by atoms with Gasteiger partial charge in [0.2, 0.25) is 0 Å². The van der Waals surface area contributed by atoms with Crippen LogP contribution in [0.5, 0.6) is 5.75 Å². The van der Waals surface area contributed by atoms with Crippen molar-refractivity contribution < 1.29 is 17.9 Å². The van der Waals surface area contributed by atoms with E-state index in [1.165, 1.54) is 12.1 Å². The van der Waals surface area contributed by atoms with Gasteiger partial charge in [0.1, 0.15) is 5.75 Å². The van der Waals surface area contributed by atoms with E-state index in [1.807, 2.05) is 18.2 Å². The Balaban J connectivity index is 2.12. The summed E-state index contributed by atoms with van der Waals surface area (Å²) in [7, 11) is 1.56. The lowest BCUT2D eigenvalue weighted by Crippen LogP contribution is -2.34. The monoisotopic (exact) mass is 364 g/mol. The van der Waals surface area contributed by atoms with Crippen LogP contribution in [0.4, 0.5) is 13.2 Å². The first-order valence-electron chi connectivity index (χ1n) is 8.75. The second-order valence-electron chi connectivity index (χ2n) is 6.40. The van der Waals surface area contributed by atoms with E-state index >= 15 is 0 Å². The number of ether oxygens (including phenoxy) is 1. The van der Waals surface area contributed by atoms with E-state index in [2.05, 4.69) is 10.2 Å². The van der Waals surface area contributed by atoms with E-state index in [0.717, 1.165) is 31.6 Å². The zero-order chi connectivity index (χ0) is 18.6. The molecule has 3 nitrogen and oxygen atoms in total. The highest BCUT2D eigenvalue weighted by Crippen LogP contribution is 2.39. The van der Waals surface area contributed by atoms with Crippen molar-refractivity contribution in [3.63, 3.8) is 0 Å². The van der Waals surface area contributed by atoms with E-state index in [0.29, 0.717) is 12.3 Å². The largest absolute Gasteiger partial charge is 0.497 e. The maximum atomic E-state index is 13.7. The van der Waals surface area contributed by atoms with Crippen molar-refractivity contribution in [1.29, 1.82) is 0 Å². The molecule has 140 valence electrons. The third kappa shape index (κ3) is 4.19. The van der Waals surface area contributed by atoms with Crippen LogP contribution in [0.3, 0.4) is 0 Å². The van der Waals surface area contributed by atoms with E-state index in [1.54, 1.807) is 25.3 Å². The molecule has 0 saturated carbocycles. The van der Waals surface area contributed by atoms with Gasteiger partial charge in [0.25, 0.3) is 0 Å². The topological polar surface area (TPSA) is 24.5 Å². The molecule has 0 bridgehead atoms. The molecule has 0 aromatic heterocycles. The van der Waals surface area contributed by atoms with Gasteiger partial charge in [-0.1, -0.05) is 30.3 Å². The molecule has 1 heterocycles.